The summed E-state index contributed by atoms with van der Waals surface area (Å²) in [6.07, 6.45) is 1.53. The maximum absolute atomic E-state index is 13.9. The van der Waals surface area contributed by atoms with E-state index in [0.717, 1.165) is 29.3 Å². The molecular formula is C34H27F3N4O2. The lowest BCUT2D eigenvalue weighted by Crippen LogP contribution is -2.20. The van der Waals surface area contributed by atoms with Crippen molar-refractivity contribution in [2.75, 3.05) is 11.6 Å². The second-order valence-corrected chi connectivity index (χ2v) is 9.92. The fourth-order valence-corrected chi connectivity index (χ4v) is 4.81. The number of hydrazone groups is 1. The fraction of sp³-hybridized carbons (Fsp3) is 0.118. The van der Waals surface area contributed by atoms with Crippen molar-refractivity contribution in [3.05, 3.63) is 138 Å². The summed E-state index contributed by atoms with van der Waals surface area (Å²) in [5, 5.41) is 10.2. The molecule has 2 heterocycles. The number of aromatic nitrogens is 2. The summed E-state index contributed by atoms with van der Waals surface area (Å²) in [5.74, 6) is -1.87. The zero-order chi connectivity index (χ0) is 30.5. The zero-order valence-corrected chi connectivity index (χ0v) is 23.4. The van der Waals surface area contributed by atoms with E-state index in [4.69, 9.17) is 0 Å². The third kappa shape index (κ3) is 6.62. The molecule has 0 fully saturated rings. The molecule has 5 aromatic rings. The summed E-state index contributed by atoms with van der Waals surface area (Å²) in [7, 11) is 0. The SMILES string of the molecule is CC(=O)C1=NN(c2cccc(F)c2)CC1c1ccccc1.CC(=O)c1nn(-c2cc(F)ccc2F)cc1-c1ccccc1. The maximum atomic E-state index is 13.9. The molecule has 9 heteroatoms. The molecule has 6 rings (SSSR count). The lowest BCUT2D eigenvalue weighted by atomic mass is 9.93. The number of nitrogens with zero attached hydrogens (tertiary/aromatic N) is 4. The van der Waals surface area contributed by atoms with Gasteiger partial charge in [-0.25, -0.2) is 17.9 Å². The third-order valence-corrected chi connectivity index (χ3v) is 6.87. The number of halogens is 3. The van der Waals surface area contributed by atoms with E-state index in [1.807, 2.05) is 60.7 Å². The number of carbonyl (C=O) groups is 2. The topological polar surface area (TPSA) is 67.6 Å². The minimum Gasteiger partial charge on any atom is -0.293 e. The van der Waals surface area contributed by atoms with E-state index in [9.17, 15) is 22.8 Å². The standard InChI is InChI=1S/C17H12F2N2O.C17H15FN2O/c1-11(22)17-14(12-5-3-2-4-6-12)10-21(20-17)16-9-13(18)7-8-15(16)19;1-12(21)17-16(13-6-3-2-4-7-13)11-20(19-17)15-9-5-8-14(18)10-15/h2-10H,1H3;2-10,16H,11H2,1H3. The van der Waals surface area contributed by atoms with Gasteiger partial charge in [0.2, 0.25) is 0 Å². The van der Waals surface area contributed by atoms with Crippen LogP contribution in [0.15, 0.2) is 114 Å². The minimum atomic E-state index is -0.612. The van der Waals surface area contributed by atoms with Gasteiger partial charge in [0.15, 0.2) is 11.6 Å². The summed E-state index contributed by atoms with van der Waals surface area (Å²) in [6.45, 7) is 3.45. The molecule has 1 aliphatic rings. The summed E-state index contributed by atoms with van der Waals surface area (Å²) < 4.78 is 41.8. The Morgan fingerprint density at radius 1 is 0.767 bits per heavy atom. The van der Waals surface area contributed by atoms with Crippen LogP contribution in [0.3, 0.4) is 0 Å². The molecular weight excluding hydrogens is 553 g/mol. The summed E-state index contributed by atoms with van der Waals surface area (Å²) in [6, 6.07) is 28.3. The first-order valence-electron chi connectivity index (χ1n) is 13.5. The number of rotatable bonds is 6. The molecule has 0 radical (unpaired) electrons. The fourth-order valence-electron chi connectivity index (χ4n) is 4.81. The molecule has 4 aromatic carbocycles. The van der Waals surface area contributed by atoms with E-state index < -0.39 is 11.6 Å². The maximum Gasteiger partial charge on any atom is 0.180 e. The highest BCUT2D eigenvalue weighted by Crippen LogP contribution is 2.30. The normalized spacial score (nSPS) is 14.1. The highest BCUT2D eigenvalue weighted by Gasteiger charge is 2.31. The second kappa shape index (κ2) is 12.7. The average Bonchev–Trinajstić information content (AvgIpc) is 3.66. The van der Waals surface area contributed by atoms with Gasteiger partial charge in [0, 0.05) is 31.7 Å². The van der Waals surface area contributed by atoms with Crippen molar-refractivity contribution in [2.24, 2.45) is 5.10 Å². The van der Waals surface area contributed by atoms with Crippen LogP contribution in [-0.4, -0.2) is 33.6 Å². The predicted octanol–water partition coefficient (Wildman–Crippen LogP) is 7.39. The van der Waals surface area contributed by atoms with Crippen LogP contribution in [0.1, 0.15) is 35.8 Å². The van der Waals surface area contributed by atoms with E-state index in [-0.39, 0.29) is 34.7 Å². The number of hydrogen-bond acceptors (Lipinski definition) is 5. The summed E-state index contributed by atoms with van der Waals surface area (Å²) in [4.78, 5) is 23.6. The molecule has 1 aromatic heterocycles. The molecule has 1 aliphatic heterocycles. The van der Waals surface area contributed by atoms with Gasteiger partial charge in [-0.2, -0.15) is 10.2 Å². The van der Waals surface area contributed by atoms with Crippen LogP contribution in [0.2, 0.25) is 0 Å². The molecule has 1 atom stereocenters. The predicted molar refractivity (Wildman–Crippen MR) is 160 cm³/mol. The first-order chi connectivity index (χ1) is 20.7. The van der Waals surface area contributed by atoms with Crippen molar-refractivity contribution in [1.29, 1.82) is 0 Å². The Hall–Kier alpha value is -5.31. The third-order valence-electron chi connectivity index (χ3n) is 6.87. The zero-order valence-electron chi connectivity index (χ0n) is 23.4. The van der Waals surface area contributed by atoms with Crippen molar-refractivity contribution in [3.63, 3.8) is 0 Å². The molecule has 6 nitrogen and oxygen atoms in total. The molecule has 216 valence electrons. The van der Waals surface area contributed by atoms with E-state index in [1.54, 1.807) is 17.1 Å². The van der Waals surface area contributed by atoms with Crippen molar-refractivity contribution in [3.8, 4) is 16.8 Å². The monoisotopic (exact) mass is 580 g/mol. The summed E-state index contributed by atoms with van der Waals surface area (Å²) >= 11 is 0. The highest BCUT2D eigenvalue weighted by atomic mass is 19.1. The second-order valence-electron chi connectivity index (χ2n) is 9.92. The smallest absolute Gasteiger partial charge is 0.180 e. The van der Waals surface area contributed by atoms with Gasteiger partial charge in [-0.1, -0.05) is 66.7 Å². The van der Waals surface area contributed by atoms with Gasteiger partial charge in [-0.05, 0) is 41.5 Å². The van der Waals surface area contributed by atoms with E-state index in [0.29, 0.717) is 23.5 Å². The van der Waals surface area contributed by atoms with Crippen molar-refractivity contribution in [2.45, 2.75) is 19.8 Å². The van der Waals surface area contributed by atoms with Crippen LogP contribution in [0, 0.1) is 17.5 Å². The van der Waals surface area contributed by atoms with Crippen LogP contribution >= 0.6 is 0 Å². The lowest BCUT2D eigenvalue weighted by molar-refractivity contribution is -0.111. The van der Waals surface area contributed by atoms with Gasteiger partial charge in [0.1, 0.15) is 34.5 Å². The Labute approximate surface area is 246 Å². The molecule has 43 heavy (non-hydrogen) atoms. The number of carbonyl (C=O) groups excluding carboxylic acids is 2. The van der Waals surface area contributed by atoms with Gasteiger partial charge < -0.3 is 0 Å². The molecule has 0 N–H and O–H groups in total. The van der Waals surface area contributed by atoms with Crippen LogP contribution in [0.25, 0.3) is 16.8 Å². The quantitative estimate of drug-likeness (QED) is 0.196. The largest absolute Gasteiger partial charge is 0.293 e. The van der Waals surface area contributed by atoms with Crippen LogP contribution in [0.5, 0.6) is 0 Å². The van der Waals surface area contributed by atoms with Crippen molar-refractivity contribution in [1.82, 2.24) is 9.78 Å². The average molecular weight is 581 g/mol. The van der Waals surface area contributed by atoms with Crippen LogP contribution < -0.4 is 5.01 Å². The van der Waals surface area contributed by atoms with Gasteiger partial charge in [-0.3, -0.25) is 14.6 Å². The van der Waals surface area contributed by atoms with Gasteiger partial charge in [0.05, 0.1) is 18.2 Å². The first-order valence-corrected chi connectivity index (χ1v) is 13.5. The highest BCUT2D eigenvalue weighted by molar-refractivity contribution is 6.41. The van der Waals surface area contributed by atoms with Gasteiger partial charge in [-0.15, -0.1) is 0 Å². The Bertz CT molecular complexity index is 1800. The van der Waals surface area contributed by atoms with Crippen LogP contribution in [0.4, 0.5) is 18.9 Å². The van der Waals surface area contributed by atoms with Crippen molar-refractivity contribution >= 4 is 23.0 Å². The Morgan fingerprint density at radius 2 is 1.44 bits per heavy atom. The number of benzene rings is 4. The number of ketones is 2. The van der Waals surface area contributed by atoms with Gasteiger partial charge in [0.25, 0.3) is 0 Å². The lowest BCUT2D eigenvalue weighted by Gasteiger charge is -2.16. The molecule has 0 spiro atoms. The molecule has 0 bridgehead atoms. The van der Waals surface area contributed by atoms with Crippen molar-refractivity contribution < 1.29 is 22.8 Å². The van der Waals surface area contributed by atoms with E-state index >= 15 is 0 Å². The Kier molecular flexibility index (Phi) is 8.61. The molecule has 0 aliphatic carbocycles. The molecule has 0 saturated heterocycles. The number of anilines is 1. The van der Waals surface area contributed by atoms with E-state index in [1.165, 1.54) is 36.9 Å². The number of hydrogen-bond donors (Lipinski definition) is 0. The first kappa shape index (κ1) is 29.2. The van der Waals surface area contributed by atoms with Crippen LogP contribution in [-0.2, 0) is 4.79 Å². The molecule has 1 unspecified atom stereocenters. The minimum absolute atomic E-state index is 0.0373. The summed E-state index contributed by atoms with van der Waals surface area (Å²) in [5.41, 5.74) is 3.77. The molecule has 0 amide bonds. The number of Topliss-reactive ketones (excluding diaryl/α,β-unsaturated/α-hetero) is 2. The Balaban J connectivity index is 0.000000171. The molecule has 0 saturated carbocycles. The Morgan fingerprint density at radius 3 is 2.09 bits per heavy atom. The van der Waals surface area contributed by atoms with E-state index in [2.05, 4.69) is 10.2 Å². The van der Waals surface area contributed by atoms with Gasteiger partial charge >= 0.3 is 0 Å².